The molecule has 0 heterocycles. The number of rotatable bonds is 12. The minimum atomic E-state index is -0.492. The summed E-state index contributed by atoms with van der Waals surface area (Å²) in [6.45, 7) is 4.47. The molecule has 8 heteroatoms. The highest BCUT2D eigenvalue weighted by Crippen LogP contribution is 2.23. The number of anilines is 2. The number of nitrogens with one attached hydrogen (secondary N) is 3. The second kappa shape index (κ2) is 16.1. The molecule has 0 fully saturated rings. The molecule has 3 N–H and O–H groups in total. The molecule has 0 aliphatic rings. The van der Waals surface area contributed by atoms with Crippen molar-refractivity contribution in [3.05, 3.63) is 161 Å². The molecule has 0 aromatic heterocycles. The Morgan fingerprint density at radius 2 is 1.40 bits per heavy atom. The number of amides is 3. The zero-order chi connectivity index (χ0) is 33.0. The topological polar surface area (TPSA) is 96.5 Å². The van der Waals surface area contributed by atoms with Gasteiger partial charge in [0.15, 0.2) is 0 Å². The molecule has 0 aliphatic heterocycles. The van der Waals surface area contributed by atoms with E-state index in [4.69, 9.17) is 4.74 Å². The van der Waals surface area contributed by atoms with Crippen molar-refractivity contribution in [2.45, 2.75) is 25.3 Å². The summed E-state index contributed by atoms with van der Waals surface area (Å²) in [7, 11) is 0. The second-order valence-corrected chi connectivity index (χ2v) is 11.9. The van der Waals surface area contributed by atoms with Crippen LogP contribution >= 0.6 is 11.8 Å². The molecule has 0 unspecified atom stereocenters. The van der Waals surface area contributed by atoms with Gasteiger partial charge in [0.2, 0.25) is 5.91 Å². The van der Waals surface area contributed by atoms with Crippen molar-refractivity contribution in [2.24, 2.45) is 0 Å². The van der Waals surface area contributed by atoms with E-state index < -0.39 is 11.8 Å². The molecule has 5 rings (SSSR count). The van der Waals surface area contributed by atoms with Gasteiger partial charge in [-0.05, 0) is 96.8 Å². The average Bonchev–Trinajstić information content (AvgIpc) is 3.09. The highest BCUT2D eigenvalue weighted by atomic mass is 32.2. The van der Waals surface area contributed by atoms with Crippen LogP contribution in [-0.4, -0.2) is 23.5 Å². The first kappa shape index (κ1) is 32.8. The number of thioether (sulfide) groups is 1. The van der Waals surface area contributed by atoms with Crippen LogP contribution < -0.4 is 20.7 Å². The van der Waals surface area contributed by atoms with Crippen LogP contribution in [0.3, 0.4) is 0 Å². The maximum absolute atomic E-state index is 13.6. The van der Waals surface area contributed by atoms with Gasteiger partial charge in [-0.2, -0.15) is 0 Å². The van der Waals surface area contributed by atoms with Crippen LogP contribution in [-0.2, 0) is 16.2 Å². The quantitative estimate of drug-likeness (QED) is 0.0947. The second-order valence-electron chi connectivity index (χ2n) is 10.8. The number of carbonyl (C=O) groups excluding carboxylic acids is 3. The Bertz CT molecular complexity index is 1870. The van der Waals surface area contributed by atoms with Crippen LogP contribution in [0.1, 0.15) is 32.6 Å². The fourth-order valence-electron chi connectivity index (χ4n) is 4.54. The highest BCUT2D eigenvalue weighted by molar-refractivity contribution is 8.00. The maximum Gasteiger partial charge on any atom is 0.272 e. The standard InChI is InChI=1S/C39H35N3O4S/c1-27-16-19-33(22-28(27)2)40-37(43)26-47-35-15-9-14-32(24-35)41-39(45)36(42-38(44)31-12-7-4-8-13-31)23-29-17-20-34(21-18-29)46-25-30-10-5-3-6-11-30/h3-24H,25-26H2,1-2H3,(H,40,43)(H,41,45)(H,42,44)/b36-23-. The van der Waals surface area contributed by atoms with Crippen LogP contribution in [0.4, 0.5) is 11.4 Å². The summed E-state index contributed by atoms with van der Waals surface area (Å²) in [6.07, 6.45) is 1.62. The minimum absolute atomic E-state index is 0.0719. The molecule has 0 spiro atoms. The van der Waals surface area contributed by atoms with E-state index in [0.717, 1.165) is 27.3 Å². The Morgan fingerprint density at radius 1 is 0.702 bits per heavy atom. The maximum atomic E-state index is 13.6. The van der Waals surface area contributed by atoms with E-state index in [9.17, 15) is 14.4 Å². The third kappa shape index (κ3) is 9.94. The van der Waals surface area contributed by atoms with E-state index in [1.165, 1.54) is 11.8 Å². The lowest BCUT2D eigenvalue weighted by Gasteiger charge is -2.13. The molecule has 0 saturated heterocycles. The fraction of sp³-hybridized carbons (Fsp3) is 0.103. The van der Waals surface area contributed by atoms with Crippen molar-refractivity contribution >= 4 is 46.9 Å². The predicted molar refractivity (Wildman–Crippen MR) is 189 cm³/mol. The smallest absolute Gasteiger partial charge is 0.272 e. The SMILES string of the molecule is Cc1ccc(NC(=O)CSc2cccc(NC(=O)/C(=C/c3ccc(OCc4ccccc4)cc3)NC(=O)c3ccccc3)c2)cc1C. The predicted octanol–water partition coefficient (Wildman–Crippen LogP) is 8.02. The summed E-state index contributed by atoms with van der Waals surface area (Å²) < 4.78 is 5.89. The van der Waals surface area contributed by atoms with Crippen LogP contribution in [0.2, 0.25) is 0 Å². The van der Waals surface area contributed by atoms with E-state index in [1.807, 2.05) is 98.8 Å². The molecule has 0 radical (unpaired) electrons. The number of benzene rings is 5. The molecular weight excluding hydrogens is 607 g/mol. The molecule has 0 bridgehead atoms. The van der Waals surface area contributed by atoms with Crippen LogP contribution in [0.15, 0.2) is 138 Å². The van der Waals surface area contributed by atoms with Gasteiger partial charge in [0, 0.05) is 21.8 Å². The minimum Gasteiger partial charge on any atom is -0.489 e. The molecular formula is C39H35N3O4S. The fourth-order valence-corrected chi connectivity index (χ4v) is 5.29. The number of carbonyl (C=O) groups is 3. The highest BCUT2D eigenvalue weighted by Gasteiger charge is 2.16. The molecule has 7 nitrogen and oxygen atoms in total. The molecule has 5 aromatic rings. The molecule has 0 saturated carbocycles. The van der Waals surface area contributed by atoms with Crippen molar-refractivity contribution in [3.8, 4) is 5.75 Å². The normalized spacial score (nSPS) is 11.0. The number of hydrogen-bond acceptors (Lipinski definition) is 5. The summed E-state index contributed by atoms with van der Waals surface area (Å²) in [5, 5.41) is 8.59. The van der Waals surface area contributed by atoms with Gasteiger partial charge in [0.1, 0.15) is 18.1 Å². The summed E-state index contributed by atoms with van der Waals surface area (Å²) in [6, 6.07) is 38.9. The van der Waals surface area contributed by atoms with E-state index >= 15 is 0 Å². The number of hydrogen-bond donors (Lipinski definition) is 3. The zero-order valence-corrected chi connectivity index (χ0v) is 27.0. The van der Waals surface area contributed by atoms with Crippen LogP contribution in [0, 0.1) is 13.8 Å². The van der Waals surface area contributed by atoms with Gasteiger partial charge in [0.05, 0.1) is 5.75 Å². The van der Waals surface area contributed by atoms with Crippen molar-refractivity contribution in [1.29, 1.82) is 0 Å². The largest absolute Gasteiger partial charge is 0.489 e. The first-order valence-electron chi connectivity index (χ1n) is 15.1. The van der Waals surface area contributed by atoms with Gasteiger partial charge in [-0.1, -0.05) is 72.8 Å². The number of aryl methyl sites for hydroxylation is 2. The van der Waals surface area contributed by atoms with Gasteiger partial charge in [-0.3, -0.25) is 14.4 Å². The summed E-state index contributed by atoms with van der Waals surface area (Å²) >= 11 is 1.36. The van der Waals surface area contributed by atoms with Gasteiger partial charge in [0.25, 0.3) is 11.8 Å². The molecule has 5 aromatic carbocycles. The van der Waals surface area contributed by atoms with E-state index in [2.05, 4.69) is 16.0 Å². The summed E-state index contributed by atoms with van der Waals surface area (Å²) in [5.41, 5.74) is 5.81. The average molecular weight is 642 g/mol. The molecule has 3 amide bonds. The Hall–Kier alpha value is -5.60. The lowest BCUT2D eigenvalue weighted by atomic mass is 10.1. The first-order valence-corrected chi connectivity index (χ1v) is 16.1. The first-order chi connectivity index (χ1) is 22.8. The monoisotopic (exact) mass is 641 g/mol. The molecule has 0 atom stereocenters. The molecule has 236 valence electrons. The van der Waals surface area contributed by atoms with Crippen molar-refractivity contribution in [1.82, 2.24) is 5.32 Å². The van der Waals surface area contributed by atoms with Gasteiger partial charge >= 0.3 is 0 Å². The lowest BCUT2D eigenvalue weighted by Crippen LogP contribution is -2.30. The zero-order valence-electron chi connectivity index (χ0n) is 26.2. The number of ether oxygens (including phenoxy) is 1. The Morgan fingerprint density at radius 3 is 2.13 bits per heavy atom. The molecule has 47 heavy (non-hydrogen) atoms. The van der Waals surface area contributed by atoms with Gasteiger partial charge in [-0.15, -0.1) is 11.8 Å². The van der Waals surface area contributed by atoms with Gasteiger partial charge in [-0.25, -0.2) is 0 Å². The van der Waals surface area contributed by atoms with Crippen molar-refractivity contribution in [2.75, 3.05) is 16.4 Å². The van der Waals surface area contributed by atoms with Gasteiger partial charge < -0.3 is 20.7 Å². The molecule has 0 aliphatic carbocycles. The summed E-state index contributed by atoms with van der Waals surface area (Å²) in [5.74, 6) is -0.143. The van der Waals surface area contributed by atoms with E-state index in [1.54, 1.807) is 48.5 Å². The Labute approximate surface area is 279 Å². The van der Waals surface area contributed by atoms with Crippen LogP contribution in [0.5, 0.6) is 5.75 Å². The van der Waals surface area contributed by atoms with E-state index in [-0.39, 0.29) is 17.4 Å². The third-order valence-electron chi connectivity index (χ3n) is 7.22. The summed E-state index contributed by atoms with van der Waals surface area (Å²) in [4.78, 5) is 40.0. The Balaban J connectivity index is 1.26. The van der Waals surface area contributed by atoms with Crippen molar-refractivity contribution in [3.63, 3.8) is 0 Å². The van der Waals surface area contributed by atoms with Crippen LogP contribution in [0.25, 0.3) is 6.08 Å². The third-order valence-corrected chi connectivity index (χ3v) is 8.21. The Kier molecular flexibility index (Phi) is 11.2. The van der Waals surface area contributed by atoms with Crippen molar-refractivity contribution < 1.29 is 19.1 Å². The lowest BCUT2D eigenvalue weighted by molar-refractivity contribution is -0.114. The van der Waals surface area contributed by atoms with E-state index in [0.29, 0.717) is 29.2 Å².